The van der Waals surface area contributed by atoms with E-state index >= 15 is 0 Å². The van der Waals surface area contributed by atoms with Gasteiger partial charge in [-0.25, -0.2) is 0 Å². The third-order valence-corrected chi connectivity index (χ3v) is 17.4. The summed E-state index contributed by atoms with van der Waals surface area (Å²) >= 11 is 0. The topological polar surface area (TPSA) is 95.9 Å². The maximum absolute atomic E-state index is 12.6. The van der Waals surface area contributed by atoms with Gasteiger partial charge in [-0.1, -0.05) is 352 Å². The molecule has 0 radical (unpaired) electrons. The van der Waals surface area contributed by atoms with Crippen LogP contribution in [-0.4, -0.2) is 47.4 Å². The monoisotopic (exact) mass is 1150 g/mol. The highest BCUT2D eigenvalue weighted by Crippen LogP contribution is 2.19. The lowest BCUT2D eigenvalue weighted by molar-refractivity contribution is -0.143. The van der Waals surface area contributed by atoms with Crippen LogP contribution in [0.15, 0.2) is 36.5 Å². The maximum Gasteiger partial charge on any atom is 0.305 e. The van der Waals surface area contributed by atoms with Crippen LogP contribution in [0.1, 0.15) is 412 Å². The number of amides is 1. The fraction of sp³-hybridized carbons (Fsp3) is 0.895. The molecule has 6 nitrogen and oxygen atoms in total. The van der Waals surface area contributed by atoms with Crippen LogP contribution in [0.2, 0.25) is 0 Å². The quantitative estimate of drug-likeness (QED) is 0.0320. The van der Waals surface area contributed by atoms with Crippen LogP contribution in [0, 0.1) is 0 Å². The molecule has 484 valence electrons. The lowest BCUT2D eigenvalue weighted by Gasteiger charge is -2.22. The number of esters is 1. The van der Waals surface area contributed by atoms with Gasteiger partial charge in [0.05, 0.1) is 25.4 Å². The predicted octanol–water partition coefficient (Wildman–Crippen LogP) is 24.3. The molecule has 0 saturated heterocycles. The van der Waals surface area contributed by atoms with Crippen molar-refractivity contribution in [2.75, 3.05) is 13.2 Å². The molecular weight excluding hydrogens is 1010 g/mol. The number of carbonyl (C=O) groups is 2. The molecule has 3 N–H and O–H groups in total. The van der Waals surface area contributed by atoms with Crippen molar-refractivity contribution in [1.29, 1.82) is 0 Å². The Hall–Kier alpha value is -1.92. The third kappa shape index (κ3) is 67.2. The number of allylic oxidation sites excluding steroid dienone is 6. The molecule has 0 fully saturated rings. The molecular formula is C76H145NO5. The maximum atomic E-state index is 12.6. The summed E-state index contributed by atoms with van der Waals surface area (Å²) < 4.78 is 5.48. The van der Waals surface area contributed by atoms with E-state index in [2.05, 4.69) is 55.6 Å². The van der Waals surface area contributed by atoms with Crippen LogP contribution >= 0.6 is 0 Å². The normalized spacial score (nSPS) is 12.7. The lowest BCUT2D eigenvalue weighted by Crippen LogP contribution is -2.45. The minimum atomic E-state index is -0.665. The summed E-state index contributed by atoms with van der Waals surface area (Å²) in [4.78, 5) is 24.6. The molecule has 0 aromatic rings. The van der Waals surface area contributed by atoms with Crippen LogP contribution in [0.5, 0.6) is 0 Å². The molecule has 0 spiro atoms. The molecule has 0 aliphatic carbocycles. The molecule has 0 bridgehead atoms. The Morgan fingerprint density at radius 3 is 0.951 bits per heavy atom. The van der Waals surface area contributed by atoms with Crippen LogP contribution in [0.4, 0.5) is 0 Å². The van der Waals surface area contributed by atoms with Gasteiger partial charge in [0.25, 0.3) is 0 Å². The van der Waals surface area contributed by atoms with E-state index < -0.39 is 12.1 Å². The number of rotatable bonds is 70. The van der Waals surface area contributed by atoms with Gasteiger partial charge < -0.3 is 20.3 Å². The van der Waals surface area contributed by atoms with Gasteiger partial charge in [0.2, 0.25) is 5.91 Å². The second-order valence-electron chi connectivity index (χ2n) is 25.6. The molecule has 2 atom stereocenters. The van der Waals surface area contributed by atoms with Crippen molar-refractivity contribution in [3.63, 3.8) is 0 Å². The number of ether oxygens (including phenoxy) is 1. The van der Waals surface area contributed by atoms with Crippen molar-refractivity contribution in [3.8, 4) is 0 Å². The molecule has 0 aromatic carbocycles. The van der Waals surface area contributed by atoms with E-state index in [0.717, 1.165) is 51.4 Å². The standard InChI is InChI=1S/C76H145NO5/c1-3-5-7-9-11-13-15-17-18-19-20-32-35-38-41-45-48-52-56-60-64-68-74(79)73(72-78)77-75(80)69-65-61-57-53-49-46-42-39-36-33-30-28-26-24-22-21-23-25-27-29-31-34-37-40-43-47-51-55-59-63-67-71-82-76(81)70-66-62-58-54-50-44-16-14-12-10-8-6-4-2/h14,16,23,25,29,31,73-74,78-79H,3-13,15,17-22,24,26-28,30,32-72H2,1-2H3,(H,77,80)/b16-14-,25-23-,31-29-. The summed E-state index contributed by atoms with van der Waals surface area (Å²) in [6, 6.07) is -0.542. The van der Waals surface area contributed by atoms with Gasteiger partial charge in [-0.2, -0.15) is 0 Å². The fourth-order valence-electron chi connectivity index (χ4n) is 11.7. The number of aliphatic hydroxyl groups excluding tert-OH is 2. The zero-order valence-corrected chi connectivity index (χ0v) is 55.5. The van der Waals surface area contributed by atoms with Gasteiger partial charge >= 0.3 is 5.97 Å². The summed E-state index contributed by atoms with van der Waals surface area (Å²) in [5.41, 5.74) is 0. The zero-order valence-electron chi connectivity index (χ0n) is 55.5. The summed E-state index contributed by atoms with van der Waals surface area (Å²) in [5.74, 6) is -0.0255. The first-order valence-corrected chi connectivity index (χ1v) is 37.2. The smallest absolute Gasteiger partial charge is 0.305 e. The van der Waals surface area contributed by atoms with E-state index in [4.69, 9.17) is 4.74 Å². The fourth-order valence-corrected chi connectivity index (χ4v) is 11.7. The van der Waals surface area contributed by atoms with Crippen LogP contribution < -0.4 is 5.32 Å². The Balaban J connectivity index is 3.40. The zero-order chi connectivity index (χ0) is 59.2. The van der Waals surface area contributed by atoms with E-state index in [1.165, 1.54) is 327 Å². The molecule has 0 aliphatic heterocycles. The van der Waals surface area contributed by atoms with Crippen molar-refractivity contribution in [2.45, 2.75) is 424 Å². The molecule has 0 saturated carbocycles. The van der Waals surface area contributed by atoms with Gasteiger partial charge in [0.1, 0.15) is 0 Å². The van der Waals surface area contributed by atoms with E-state index in [9.17, 15) is 19.8 Å². The molecule has 0 heterocycles. The molecule has 82 heavy (non-hydrogen) atoms. The van der Waals surface area contributed by atoms with Crippen molar-refractivity contribution in [2.24, 2.45) is 0 Å². The van der Waals surface area contributed by atoms with E-state index in [-0.39, 0.29) is 18.5 Å². The molecule has 2 unspecified atom stereocenters. The second-order valence-corrected chi connectivity index (χ2v) is 25.6. The molecule has 0 aromatic heterocycles. The average molecular weight is 1150 g/mol. The van der Waals surface area contributed by atoms with Gasteiger partial charge in [-0.05, 0) is 83.5 Å². The summed E-state index contributed by atoms with van der Waals surface area (Å²) in [6.45, 7) is 4.97. The molecule has 6 heteroatoms. The minimum absolute atomic E-state index is 0.00441. The predicted molar refractivity (Wildman–Crippen MR) is 361 cm³/mol. The first-order chi connectivity index (χ1) is 40.5. The highest BCUT2D eigenvalue weighted by molar-refractivity contribution is 5.76. The third-order valence-electron chi connectivity index (χ3n) is 17.4. The highest BCUT2D eigenvalue weighted by Gasteiger charge is 2.20. The Kier molecular flexibility index (Phi) is 69.9. The van der Waals surface area contributed by atoms with Gasteiger partial charge in [0.15, 0.2) is 0 Å². The Morgan fingerprint density at radius 1 is 0.341 bits per heavy atom. The molecule has 0 aliphatic rings. The average Bonchev–Trinajstić information content (AvgIpc) is 3.48. The number of nitrogens with one attached hydrogen (secondary N) is 1. The lowest BCUT2D eigenvalue weighted by atomic mass is 10.0. The van der Waals surface area contributed by atoms with Crippen molar-refractivity contribution in [3.05, 3.63) is 36.5 Å². The Morgan fingerprint density at radius 2 is 0.610 bits per heavy atom. The van der Waals surface area contributed by atoms with Gasteiger partial charge in [-0.3, -0.25) is 9.59 Å². The van der Waals surface area contributed by atoms with Crippen molar-refractivity contribution < 1.29 is 24.5 Å². The Labute approximate surface area is 513 Å². The first-order valence-electron chi connectivity index (χ1n) is 37.2. The number of carbonyl (C=O) groups excluding carboxylic acids is 2. The van der Waals surface area contributed by atoms with Gasteiger partial charge in [0, 0.05) is 12.8 Å². The van der Waals surface area contributed by atoms with E-state index in [0.29, 0.717) is 25.9 Å². The van der Waals surface area contributed by atoms with E-state index in [1.807, 2.05) is 0 Å². The number of unbranched alkanes of at least 4 members (excludes halogenated alkanes) is 53. The molecule has 1 amide bonds. The van der Waals surface area contributed by atoms with Crippen LogP contribution in [-0.2, 0) is 14.3 Å². The number of aliphatic hydroxyl groups is 2. The Bertz CT molecular complexity index is 1330. The first kappa shape index (κ1) is 80.1. The summed E-state index contributed by atoms with van der Waals surface area (Å²) in [5, 5.41) is 23.4. The number of hydrogen-bond acceptors (Lipinski definition) is 5. The van der Waals surface area contributed by atoms with E-state index in [1.54, 1.807) is 0 Å². The minimum Gasteiger partial charge on any atom is -0.466 e. The highest BCUT2D eigenvalue weighted by atomic mass is 16.5. The van der Waals surface area contributed by atoms with Gasteiger partial charge in [-0.15, -0.1) is 0 Å². The van der Waals surface area contributed by atoms with Crippen LogP contribution in [0.3, 0.4) is 0 Å². The largest absolute Gasteiger partial charge is 0.466 e. The summed E-state index contributed by atoms with van der Waals surface area (Å²) in [7, 11) is 0. The van der Waals surface area contributed by atoms with Crippen molar-refractivity contribution >= 4 is 11.9 Å². The molecule has 0 rings (SSSR count). The summed E-state index contributed by atoms with van der Waals surface area (Å²) in [6.07, 6.45) is 92.1. The van der Waals surface area contributed by atoms with Crippen molar-refractivity contribution in [1.82, 2.24) is 5.32 Å². The SMILES string of the molecule is CCCCCC/C=C\CCCCCCCC(=O)OCCCCCCCCCCC/C=C\C/C=C\CCCCCCCCCCCCCCCCCC(=O)NC(CO)C(O)CCCCCCCCCCCCCCCCCCCCCCC. The van der Waals surface area contributed by atoms with Crippen LogP contribution in [0.25, 0.3) is 0 Å². The second kappa shape index (κ2) is 71.6. The number of hydrogen-bond donors (Lipinski definition) is 3.